The maximum Gasteiger partial charge on any atom is 0.325 e. The number of aryl methyl sites for hydroxylation is 1. The topological polar surface area (TPSA) is 79.1 Å². The first-order valence-electron chi connectivity index (χ1n) is 4.77. The van der Waals surface area contributed by atoms with Crippen LogP contribution in [0.15, 0.2) is 22.7 Å². The highest BCUT2D eigenvalue weighted by Crippen LogP contribution is 2.31. The fourth-order valence-corrected chi connectivity index (χ4v) is 2.32. The summed E-state index contributed by atoms with van der Waals surface area (Å²) in [6.07, 6.45) is 0. The molecule has 4 nitrogen and oxygen atoms in total. The van der Waals surface area contributed by atoms with Crippen LogP contribution in [0.2, 0.25) is 0 Å². The molecule has 1 atom stereocenters. The average molecular weight is 283 g/mol. The molecular formula is C11H11BrN2O2. The lowest BCUT2D eigenvalue weighted by atomic mass is 10.0. The summed E-state index contributed by atoms with van der Waals surface area (Å²) in [6.45, 7) is 1.82. The number of aliphatic carboxylic acids is 1. The Bertz CT molecular complexity index is 562. The molecular weight excluding hydrogens is 272 g/mol. The van der Waals surface area contributed by atoms with E-state index < -0.39 is 12.0 Å². The van der Waals surface area contributed by atoms with E-state index in [0.717, 1.165) is 21.1 Å². The van der Waals surface area contributed by atoms with Crippen molar-refractivity contribution in [3.63, 3.8) is 0 Å². The largest absolute Gasteiger partial charge is 0.480 e. The van der Waals surface area contributed by atoms with E-state index in [0.29, 0.717) is 5.56 Å². The Hall–Kier alpha value is -1.33. The van der Waals surface area contributed by atoms with Crippen LogP contribution < -0.4 is 5.73 Å². The minimum absolute atomic E-state index is 0.642. The summed E-state index contributed by atoms with van der Waals surface area (Å²) in [6, 6.07) is 4.62. The molecule has 84 valence electrons. The van der Waals surface area contributed by atoms with Gasteiger partial charge in [0, 0.05) is 21.1 Å². The second kappa shape index (κ2) is 3.92. The molecule has 2 rings (SSSR count). The summed E-state index contributed by atoms with van der Waals surface area (Å²) in [5.41, 5.74) is 7.98. The van der Waals surface area contributed by atoms with Gasteiger partial charge in [0.2, 0.25) is 0 Å². The van der Waals surface area contributed by atoms with Gasteiger partial charge in [0.05, 0.1) is 5.52 Å². The molecule has 0 amide bonds. The van der Waals surface area contributed by atoms with E-state index in [9.17, 15) is 4.79 Å². The maximum atomic E-state index is 10.9. The van der Waals surface area contributed by atoms with Gasteiger partial charge in [-0.25, -0.2) is 0 Å². The standard InChI is InChI=1S/C11H11BrN2O2/c1-5-8(9(13)11(15)16)6-3-2-4-7(12)10(6)14-5/h2-4,9,14H,13H2,1H3,(H,15,16). The van der Waals surface area contributed by atoms with Gasteiger partial charge >= 0.3 is 5.97 Å². The Morgan fingerprint density at radius 3 is 2.88 bits per heavy atom. The van der Waals surface area contributed by atoms with Gasteiger partial charge in [-0.15, -0.1) is 0 Å². The van der Waals surface area contributed by atoms with Crippen LogP contribution in [0.25, 0.3) is 10.9 Å². The number of para-hydroxylation sites is 1. The zero-order valence-electron chi connectivity index (χ0n) is 8.62. The number of rotatable bonds is 2. The zero-order chi connectivity index (χ0) is 11.9. The molecule has 0 fully saturated rings. The summed E-state index contributed by atoms with van der Waals surface area (Å²) in [4.78, 5) is 14.1. The van der Waals surface area contributed by atoms with Crippen LogP contribution in [0.4, 0.5) is 0 Å². The molecule has 0 radical (unpaired) electrons. The van der Waals surface area contributed by atoms with Crippen molar-refractivity contribution in [3.8, 4) is 0 Å². The highest BCUT2D eigenvalue weighted by Gasteiger charge is 2.21. The number of H-pyrrole nitrogens is 1. The second-order valence-corrected chi connectivity index (χ2v) is 4.50. The van der Waals surface area contributed by atoms with E-state index in [1.807, 2.05) is 25.1 Å². The van der Waals surface area contributed by atoms with E-state index in [1.165, 1.54) is 0 Å². The highest BCUT2D eigenvalue weighted by atomic mass is 79.9. The molecule has 0 saturated heterocycles. The molecule has 1 unspecified atom stereocenters. The van der Waals surface area contributed by atoms with E-state index in [4.69, 9.17) is 10.8 Å². The van der Waals surface area contributed by atoms with Crippen LogP contribution in [0.1, 0.15) is 17.3 Å². The molecule has 1 heterocycles. The fourth-order valence-electron chi connectivity index (χ4n) is 1.86. The molecule has 1 aromatic carbocycles. The number of carboxylic acids is 1. The minimum Gasteiger partial charge on any atom is -0.480 e. The van der Waals surface area contributed by atoms with Crippen molar-refractivity contribution in [3.05, 3.63) is 33.9 Å². The van der Waals surface area contributed by atoms with Gasteiger partial charge in [0.25, 0.3) is 0 Å². The molecule has 0 aliphatic heterocycles. The van der Waals surface area contributed by atoms with Crippen LogP contribution in [-0.2, 0) is 4.79 Å². The van der Waals surface area contributed by atoms with Crippen molar-refractivity contribution in [2.75, 3.05) is 0 Å². The second-order valence-electron chi connectivity index (χ2n) is 3.64. The third-order valence-electron chi connectivity index (χ3n) is 2.60. The smallest absolute Gasteiger partial charge is 0.325 e. The number of halogens is 1. The first kappa shape index (κ1) is 11.2. The number of carbonyl (C=O) groups is 1. The molecule has 0 aliphatic carbocycles. The Morgan fingerprint density at radius 2 is 2.25 bits per heavy atom. The van der Waals surface area contributed by atoms with Crippen molar-refractivity contribution < 1.29 is 9.90 Å². The molecule has 2 aromatic rings. The van der Waals surface area contributed by atoms with Gasteiger partial charge in [0.1, 0.15) is 6.04 Å². The van der Waals surface area contributed by atoms with E-state index >= 15 is 0 Å². The summed E-state index contributed by atoms with van der Waals surface area (Å²) in [7, 11) is 0. The first-order chi connectivity index (χ1) is 7.52. The minimum atomic E-state index is -1.02. The third kappa shape index (κ3) is 1.62. The lowest BCUT2D eigenvalue weighted by Gasteiger charge is -2.06. The van der Waals surface area contributed by atoms with E-state index in [1.54, 1.807) is 0 Å². The van der Waals surface area contributed by atoms with Crippen molar-refractivity contribution in [1.82, 2.24) is 4.98 Å². The normalized spacial score (nSPS) is 12.9. The Balaban J connectivity index is 2.74. The highest BCUT2D eigenvalue weighted by molar-refractivity contribution is 9.10. The Labute approximate surface area is 101 Å². The van der Waals surface area contributed by atoms with Gasteiger partial charge < -0.3 is 15.8 Å². The zero-order valence-corrected chi connectivity index (χ0v) is 10.2. The molecule has 0 saturated carbocycles. The van der Waals surface area contributed by atoms with Crippen LogP contribution in [-0.4, -0.2) is 16.1 Å². The lowest BCUT2D eigenvalue weighted by Crippen LogP contribution is -2.21. The van der Waals surface area contributed by atoms with Crippen molar-refractivity contribution >= 4 is 32.8 Å². The number of nitrogens with one attached hydrogen (secondary N) is 1. The average Bonchev–Trinajstić information content (AvgIpc) is 2.55. The van der Waals surface area contributed by atoms with Gasteiger partial charge in [0.15, 0.2) is 0 Å². The SMILES string of the molecule is Cc1[nH]c2c(Br)cccc2c1C(N)C(=O)O. The fraction of sp³-hybridized carbons (Fsp3) is 0.182. The van der Waals surface area contributed by atoms with Gasteiger partial charge in [-0.05, 0) is 28.9 Å². The number of nitrogens with two attached hydrogens (primary N) is 1. The number of benzene rings is 1. The van der Waals surface area contributed by atoms with Crippen LogP contribution >= 0.6 is 15.9 Å². The van der Waals surface area contributed by atoms with Gasteiger partial charge in [-0.3, -0.25) is 4.79 Å². The monoisotopic (exact) mass is 282 g/mol. The number of aromatic nitrogens is 1. The molecule has 1 aromatic heterocycles. The van der Waals surface area contributed by atoms with Gasteiger partial charge in [-0.1, -0.05) is 12.1 Å². The quantitative estimate of drug-likeness (QED) is 0.791. The number of aromatic amines is 1. The number of hydrogen-bond acceptors (Lipinski definition) is 2. The van der Waals surface area contributed by atoms with Crippen molar-refractivity contribution in [1.29, 1.82) is 0 Å². The van der Waals surface area contributed by atoms with Crippen LogP contribution in [0, 0.1) is 6.92 Å². The summed E-state index contributed by atoms with van der Waals surface area (Å²) in [5, 5.41) is 9.81. The molecule has 5 heteroatoms. The molecule has 0 aliphatic rings. The van der Waals surface area contributed by atoms with E-state index in [2.05, 4.69) is 20.9 Å². The molecule has 16 heavy (non-hydrogen) atoms. The number of carboxylic acid groups (broad SMARTS) is 1. The van der Waals surface area contributed by atoms with E-state index in [-0.39, 0.29) is 0 Å². The van der Waals surface area contributed by atoms with Gasteiger partial charge in [-0.2, -0.15) is 0 Å². The van der Waals surface area contributed by atoms with Crippen molar-refractivity contribution in [2.24, 2.45) is 5.73 Å². The lowest BCUT2D eigenvalue weighted by molar-refractivity contribution is -0.138. The van der Waals surface area contributed by atoms with Crippen LogP contribution in [0.5, 0.6) is 0 Å². The molecule has 0 spiro atoms. The molecule has 4 N–H and O–H groups in total. The summed E-state index contributed by atoms with van der Waals surface area (Å²) < 4.78 is 0.900. The predicted octanol–water partition coefficient (Wildman–Crippen LogP) is 2.32. The first-order valence-corrected chi connectivity index (χ1v) is 5.56. The Kier molecular flexibility index (Phi) is 2.73. The number of fused-ring (bicyclic) bond motifs is 1. The maximum absolute atomic E-state index is 10.9. The van der Waals surface area contributed by atoms with Crippen molar-refractivity contribution in [2.45, 2.75) is 13.0 Å². The third-order valence-corrected chi connectivity index (χ3v) is 3.26. The van der Waals surface area contributed by atoms with Crippen LogP contribution in [0.3, 0.4) is 0 Å². The number of hydrogen-bond donors (Lipinski definition) is 3. The molecule has 0 bridgehead atoms. The Morgan fingerprint density at radius 1 is 1.56 bits per heavy atom. The summed E-state index contributed by atoms with van der Waals surface area (Å²) >= 11 is 3.41. The summed E-state index contributed by atoms with van der Waals surface area (Å²) in [5.74, 6) is -1.02. The predicted molar refractivity (Wildman–Crippen MR) is 65.3 cm³/mol.